The molecule has 0 aromatic heterocycles. The number of fused-ring (bicyclic) bond motifs is 1. The van der Waals surface area contributed by atoms with Crippen LogP contribution in [-0.4, -0.2) is 37.8 Å². The van der Waals surface area contributed by atoms with Crippen LogP contribution in [0.4, 0.5) is 5.69 Å². The van der Waals surface area contributed by atoms with Gasteiger partial charge in [0.15, 0.2) is 0 Å². The highest BCUT2D eigenvalue weighted by Gasteiger charge is 2.39. The standard InChI is InChI=1S/C24H30N2O3S/c1-16-12-17(2)23(18(3)13-16)30(28,29)25-11-7-9-21(15-25)24(27)26-19(4)14-20-8-5-6-10-22(20)26/h5-6,8,10,12-13,19,21H,7,9,11,14-15H2,1-4H3. The molecule has 1 amide bonds. The molecule has 30 heavy (non-hydrogen) atoms. The van der Waals surface area contributed by atoms with Gasteiger partial charge in [-0.2, -0.15) is 4.31 Å². The maximum Gasteiger partial charge on any atom is 0.243 e. The van der Waals surface area contributed by atoms with E-state index in [2.05, 4.69) is 13.0 Å². The number of sulfonamides is 1. The van der Waals surface area contributed by atoms with E-state index in [4.69, 9.17) is 0 Å². The van der Waals surface area contributed by atoms with E-state index < -0.39 is 10.0 Å². The number of hydrogen-bond acceptors (Lipinski definition) is 3. The average Bonchev–Trinajstić information content (AvgIpc) is 3.02. The molecule has 1 saturated heterocycles. The summed E-state index contributed by atoms with van der Waals surface area (Å²) in [6, 6.07) is 11.9. The van der Waals surface area contributed by atoms with E-state index in [0.717, 1.165) is 35.2 Å². The van der Waals surface area contributed by atoms with Crippen LogP contribution in [-0.2, 0) is 21.2 Å². The lowest BCUT2D eigenvalue weighted by Crippen LogP contribution is -2.48. The van der Waals surface area contributed by atoms with Crippen LogP contribution in [0.1, 0.15) is 42.0 Å². The third kappa shape index (κ3) is 3.56. The molecular formula is C24H30N2O3S. The lowest BCUT2D eigenvalue weighted by atomic mass is 9.97. The maximum atomic E-state index is 13.5. The van der Waals surface area contributed by atoms with E-state index in [0.29, 0.717) is 17.9 Å². The van der Waals surface area contributed by atoms with E-state index in [9.17, 15) is 13.2 Å². The third-order valence-electron chi connectivity index (χ3n) is 6.38. The van der Waals surface area contributed by atoms with Gasteiger partial charge in [0.05, 0.1) is 10.8 Å². The molecule has 0 aliphatic carbocycles. The average molecular weight is 427 g/mol. The molecule has 0 radical (unpaired) electrons. The summed E-state index contributed by atoms with van der Waals surface area (Å²) < 4.78 is 28.5. The molecule has 2 aliphatic rings. The number of nitrogens with zero attached hydrogens (tertiary/aromatic N) is 2. The summed E-state index contributed by atoms with van der Waals surface area (Å²) in [5.74, 6) is -0.266. The van der Waals surface area contributed by atoms with E-state index >= 15 is 0 Å². The van der Waals surface area contributed by atoms with Gasteiger partial charge in [-0.1, -0.05) is 35.9 Å². The fraction of sp³-hybridized carbons (Fsp3) is 0.458. The second-order valence-corrected chi connectivity index (χ2v) is 10.7. The second-order valence-electron chi connectivity index (χ2n) is 8.82. The molecule has 2 unspecified atom stereocenters. The Bertz CT molecular complexity index is 1070. The molecule has 0 bridgehead atoms. The third-order valence-corrected chi connectivity index (χ3v) is 8.55. The zero-order chi connectivity index (χ0) is 21.6. The van der Waals surface area contributed by atoms with Gasteiger partial charge >= 0.3 is 0 Å². The zero-order valence-electron chi connectivity index (χ0n) is 18.2. The molecule has 0 N–H and O–H groups in total. The molecule has 0 spiro atoms. The molecule has 6 heteroatoms. The van der Waals surface area contributed by atoms with Crippen molar-refractivity contribution >= 4 is 21.6 Å². The summed E-state index contributed by atoms with van der Waals surface area (Å²) in [7, 11) is -3.64. The van der Waals surface area contributed by atoms with Gasteiger partial charge in [-0.3, -0.25) is 4.79 Å². The van der Waals surface area contributed by atoms with Gasteiger partial charge in [0.2, 0.25) is 15.9 Å². The van der Waals surface area contributed by atoms with Crippen LogP contribution in [0.3, 0.4) is 0 Å². The Morgan fingerprint density at radius 3 is 2.43 bits per heavy atom. The van der Waals surface area contributed by atoms with Crippen molar-refractivity contribution < 1.29 is 13.2 Å². The molecule has 160 valence electrons. The van der Waals surface area contributed by atoms with Crippen molar-refractivity contribution in [3.05, 3.63) is 58.7 Å². The van der Waals surface area contributed by atoms with Crippen molar-refractivity contribution in [2.45, 2.75) is 57.9 Å². The maximum absolute atomic E-state index is 13.5. The summed E-state index contributed by atoms with van der Waals surface area (Å²) in [5, 5.41) is 0. The second kappa shape index (κ2) is 7.82. The van der Waals surface area contributed by atoms with Crippen LogP contribution < -0.4 is 4.90 Å². The van der Waals surface area contributed by atoms with E-state index in [1.165, 1.54) is 9.87 Å². The minimum Gasteiger partial charge on any atom is -0.309 e. The van der Waals surface area contributed by atoms with Crippen molar-refractivity contribution in [3.8, 4) is 0 Å². The van der Waals surface area contributed by atoms with Crippen LogP contribution in [0.5, 0.6) is 0 Å². The number of para-hydroxylation sites is 1. The summed E-state index contributed by atoms with van der Waals surface area (Å²) in [5.41, 5.74) is 4.74. The van der Waals surface area contributed by atoms with Gasteiger partial charge in [0.1, 0.15) is 0 Å². The summed E-state index contributed by atoms with van der Waals surface area (Å²) >= 11 is 0. The number of rotatable bonds is 3. The quantitative estimate of drug-likeness (QED) is 0.746. The number of aryl methyl sites for hydroxylation is 3. The molecule has 2 aromatic rings. The van der Waals surface area contributed by atoms with E-state index in [1.54, 1.807) is 0 Å². The van der Waals surface area contributed by atoms with Crippen LogP contribution in [0.2, 0.25) is 0 Å². The van der Waals surface area contributed by atoms with Crippen molar-refractivity contribution in [1.29, 1.82) is 0 Å². The molecule has 5 nitrogen and oxygen atoms in total. The zero-order valence-corrected chi connectivity index (χ0v) is 19.0. The van der Waals surface area contributed by atoms with Gasteiger partial charge in [-0.25, -0.2) is 8.42 Å². The van der Waals surface area contributed by atoms with Crippen LogP contribution in [0.25, 0.3) is 0 Å². The summed E-state index contributed by atoms with van der Waals surface area (Å²) in [4.78, 5) is 15.7. The fourth-order valence-corrected chi connectivity index (χ4v) is 7.10. The molecule has 0 saturated carbocycles. The first kappa shape index (κ1) is 21.1. The van der Waals surface area contributed by atoms with Crippen molar-refractivity contribution in [3.63, 3.8) is 0 Å². The molecule has 4 rings (SSSR count). The van der Waals surface area contributed by atoms with Crippen molar-refractivity contribution in [1.82, 2.24) is 4.31 Å². The molecule has 2 aliphatic heterocycles. The van der Waals surface area contributed by atoms with E-state index in [1.807, 2.05) is 56.0 Å². The molecule has 2 heterocycles. The smallest absolute Gasteiger partial charge is 0.243 e. The first-order valence-electron chi connectivity index (χ1n) is 10.7. The van der Waals surface area contributed by atoms with Crippen molar-refractivity contribution in [2.75, 3.05) is 18.0 Å². The van der Waals surface area contributed by atoms with E-state index in [-0.39, 0.29) is 24.4 Å². The first-order valence-corrected chi connectivity index (χ1v) is 12.1. The number of amides is 1. The number of benzene rings is 2. The lowest BCUT2D eigenvalue weighted by molar-refractivity contribution is -0.123. The Balaban J connectivity index is 1.60. The topological polar surface area (TPSA) is 57.7 Å². The number of carbonyl (C=O) groups excluding carboxylic acids is 1. The molecule has 2 atom stereocenters. The number of anilines is 1. The lowest BCUT2D eigenvalue weighted by Gasteiger charge is -2.35. The minimum absolute atomic E-state index is 0.0460. The Kier molecular flexibility index (Phi) is 5.49. The Hall–Kier alpha value is -2.18. The van der Waals surface area contributed by atoms with Crippen LogP contribution >= 0.6 is 0 Å². The summed E-state index contributed by atoms with van der Waals surface area (Å²) in [6.45, 7) is 8.45. The number of carbonyl (C=O) groups is 1. The highest BCUT2D eigenvalue weighted by molar-refractivity contribution is 7.89. The first-order chi connectivity index (χ1) is 14.2. The summed E-state index contributed by atoms with van der Waals surface area (Å²) in [6.07, 6.45) is 2.27. The van der Waals surface area contributed by atoms with Gasteiger partial charge in [0.25, 0.3) is 0 Å². The molecular weight excluding hydrogens is 396 g/mol. The van der Waals surface area contributed by atoms with Crippen LogP contribution in [0.15, 0.2) is 41.3 Å². The monoisotopic (exact) mass is 426 g/mol. The number of piperidine rings is 1. The van der Waals surface area contributed by atoms with Gasteiger partial charge in [0, 0.05) is 24.8 Å². The minimum atomic E-state index is -3.64. The highest BCUT2D eigenvalue weighted by atomic mass is 32.2. The molecule has 2 aromatic carbocycles. The van der Waals surface area contributed by atoms with Crippen molar-refractivity contribution in [2.24, 2.45) is 5.92 Å². The highest BCUT2D eigenvalue weighted by Crippen LogP contribution is 2.35. The Labute approximate surface area is 179 Å². The van der Waals surface area contributed by atoms with Gasteiger partial charge in [-0.15, -0.1) is 0 Å². The Morgan fingerprint density at radius 2 is 1.73 bits per heavy atom. The Morgan fingerprint density at radius 1 is 1.07 bits per heavy atom. The molecule has 1 fully saturated rings. The van der Waals surface area contributed by atoms with Gasteiger partial charge < -0.3 is 4.90 Å². The normalized spacial score (nSPS) is 22.2. The number of hydrogen-bond donors (Lipinski definition) is 0. The van der Waals surface area contributed by atoms with Crippen LogP contribution in [0, 0.1) is 26.7 Å². The van der Waals surface area contributed by atoms with Gasteiger partial charge in [-0.05, 0) is 69.7 Å². The predicted octanol–water partition coefficient (Wildman–Crippen LogP) is 3.99. The SMILES string of the molecule is Cc1cc(C)c(S(=O)(=O)N2CCCC(C(=O)N3c4ccccc4CC3C)C2)c(C)c1. The fourth-order valence-electron chi connectivity index (χ4n) is 5.16. The largest absolute Gasteiger partial charge is 0.309 e. The predicted molar refractivity (Wildman–Crippen MR) is 119 cm³/mol.